The number of ether oxygens (including phenoxy) is 1. The smallest absolute Gasteiger partial charge is 0.241 e. The molecule has 0 aromatic heterocycles. The quantitative estimate of drug-likeness (QED) is 0.876. The molecule has 0 aliphatic carbocycles. The highest BCUT2D eigenvalue weighted by Gasteiger charge is 2.23. The van der Waals surface area contributed by atoms with Crippen LogP contribution < -0.4 is 9.46 Å². The summed E-state index contributed by atoms with van der Waals surface area (Å²) in [6.07, 6.45) is 0.678. The Hall–Kier alpha value is -1.85. The van der Waals surface area contributed by atoms with Crippen molar-refractivity contribution in [1.82, 2.24) is 4.72 Å². The van der Waals surface area contributed by atoms with Gasteiger partial charge in [0.15, 0.2) is 0 Å². The summed E-state index contributed by atoms with van der Waals surface area (Å²) in [7, 11) is -2.02. The summed E-state index contributed by atoms with van der Waals surface area (Å²) in [5, 5.41) is 0. The first-order valence-electron chi connectivity index (χ1n) is 7.61. The van der Waals surface area contributed by atoms with E-state index in [1.54, 1.807) is 26.2 Å². The maximum absolute atomic E-state index is 12.8. The molecule has 0 aliphatic heterocycles. The van der Waals surface area contributed by atoms with Gasteiger partial charge in [0, 0.05) is 6.04 Å². The van der Waals surface area contributed by atoms with Crippen LogP contribution in [-0.2, 0) is 10.0 Å². The molecule has 0 spiro atoms. The highest BCUT2D eigenvalue weighted by molar-refractivity contribution is 7.89. The van der Waals surface area contributed by atoms with Crippen LogP contribution in [0.5, 0.6) is 5.75 Å². The van der Waals surface area contributed by atoms with E-state index in [-0.39, 0.29) is 6.04 Å². The minimum absolute atomic E-state index is 0.247. The number of benzene rings is 2. The number of hydrogen-bond donors (Lipinski definition) is 1. The van der Waals surface area contributed by atoms with Crippen molar-refractivity contribution in [2.45, 2.75) is 38.1 Å². The molecule has 0 aliphatic rings. The average molecular weight is 333 g/mol. The third kappa shape index (κ3) is 3.92. The predicted molar refractivity (Wildman–Crippen MR) is 92.3 cm³/mol. The molecule has 0 saturated heterocycles. The fourth-order valence-corrected chi connectivity index (χ4v) is 4.21. The minimum atomic E-state index is -3.60. The zero-order chi connectivity index (χ0) is 17.0. The Balaban J connectivity index is 2.37. The first-order chi connectivity index (χ1) is 10.9. The van der Waals surface area contributed by atoms with Crippen molar-refractivity contribution in [2.75, 3.05) is 7.11 Å². The summed E-state index contributed by atoms with van der Waals surface area (Å²) >= 11 is 0. The van der Waals surface area contributed by atoms with Gasteiger partial charge in [-0.2, -0.15) is 0 Å². The second-order valence-corrected chi connectivity index (χ2v) is 7.26. The first-order valence-corrected chi connectivity index (χ1v) is 9.10. The van der Waals surface area contributed by atoms with Crippen LogP contribution in [-0.4, -0.2) is 15.5 Å². The zero-order valence-corrected chi connectivity index (χ0v) is 14.8. The van der Waals surface area contributed by atoms with Crippen molar-refractivity contribution >= 4 is 10.0 Å². The average Bonchev–Trinajstić information content (AvgIpc) is 2.55. The van der Waals surface area contributed by atoms with Gasteiger partial charge < -0.3 is 4.74 Å². The molecular formula is C18H23NO3S. The number of aryl methyl sites for hydroxylation is 2. The summed E-state index contributed by atoms with van der Waals surface area (Å²) in [5.74, 6) is 0.691. The van der Waals surface area contributed by atoms with Gasteiger partial charge in [0.25, 0.3) is 0 Å². The van der Waals surface area contributed by atoms with Gasteiger partial charge in [0.2, 0.25) is 10.0 Å². The van der Waals surface area contributed by atoms with E-state index in [1.165, 1.54) is 0 Å². The maximum atomic E-state index is 12.8. The number of nitrogens with one attached hydrogen (secondary N) is 1. The van der Waals surface area contributed by atoms with Crippen LogP contribution in [0.1, 0.15) is 36.1 Å². The molecular weight excluding hydrogens is 310 g/mol. The molecule has 0 amide bonds. The van der Waals surface area contributed by atoms with Gasteiger partial charge in [-0.15, -0.1) is 0 Å². The third-order valence-corrected chi connectivity index (χ3v) is 5.50. The van der Waals surface area contributed by atoms with Gasteiger partial charge in [-0.1, -0.05) is 37.3 Å². The molecule has 4 nitrogen and oxygen atoms in total. The Bertz CT molecular complexity index is 770. The molecule has 0 fully saturated rings. The molecule has 0 heterocycles. The second-order valence-electron chi connectivity index (χ2n) is 5.58. The van der Waals surface area contributed by atoms with Gasteiger partial charge in [-0.3, -0.25) is 0 Å². The van der Waals surface area contributed by atoms with E-state index in [4.69, 9.17) is 4.74 Å². The molecule has 0 radical (unpaired) electrons. The van der Waals surface area contributed by atoms with Crippen LogP contribution in [0.4, 0.5) is 0 Å². The number of sulfonamides is 1. The number of hydrogen-bond acceptors (Lipinski definition) is 3. The van der Waals surface area contributed by atoms with E-state index < -0.39 is 10.0 Å². The minimum Gasteiger partial charge on any atom is -0.496 e. The fraction of sp³-hybridized carbons (Fsp3) is 0.333. The second kappa shape index (κ2) is 7.15. The highest BCUT2D eigenvalue weighted by Crippen LogP contribution is 2.27. The van der Waals surface area contributed by atoms with Crippen LogP contribution in [0.2, 0.25) is 0 Å². The Morgan fingerprint density at radius 3 is 2.30 bits per heavy atom. The van der Waals surface area contributed by atoms with Crippen LogP contribution in [0.3, 0.4) is 0 Å². The molecule has 2 aromatic rings. The largest absolute Gasteiger partial charge is 0.496 e. The normalized spacial score (nSPS) is 12.9. The Morgan fingerprint density at radius 2 is 1.74 bits per heavy atom. The zero-order valence-electron chi connectivity index (χ0n) is 14.0. The fourth-order valence-electron chi connectivity index (χ4n) is 2.60. The molecule has 1 atom stereocenters. The molecule has 2 aromatic carbocycles. The summed E-state index contributed by atoms with van der Waals surface area (Å²) in [4.78, 5) is 0.296. The van der Waals surface area contributed by atoms with Gasteiger partial charge in [-0.05, 0) is 49.1 Å². The van der Waals surface area contributed by atoms with Gasteiger partial charge >= 0.3 is 0 Å². The van der Waals surface area contributed by atoms with Crippen molar-refractivity contribution in [3.05, 3.63) is 59.2 Å². The topological polar surface area (TPSA) is 55.4 Å². The van der Waals surface area contributed by atoms with E-state index in [1.807, 2.05) is 44.2 Å². The lowest BCUT2D eigenvalue weighted by Crippen LogP contribution is -2.29. The van der Waals surface area contributed by atoms with Crippen LogP contribution >= 0.6 is 0 Å². The van der Waals surface area contributed by atoms with Crippen molar-refractivity contribution in [1.29, 1.82) is 0 Å². The molecule has 1 N–H and O–H groups in total. The standard InChI is InChI=1S/C18H23NO3S/c1-5-16(15-9-7-6-8-10-15)19-23(20,21)18-12-13(2)17(22-4)11-14(18)3/h6-12,16,19H,5H2,1-4H3/t16-/m1/s1. The first kappa shape index (κ1) is 17.5. The monoisotopic (exact) mass is 333 g/mol. The summed E-state index contributed by atoms with van der Waals surface area (Å²) < 4.78 is 33.7. The molecule has 124 valence electrons. The van der Waals surface area contributed by atoms with Crippen LogP contribution in [0, 0.1) is 13.8 Å². The lowest BCUT2D eigenvalue weighted by Gasteiger charge is -2.19. The molecule has 0 unspecified atom stereocenters. The molecule has 23 heavy (non-hydrogen) atoms. The molecule has 0 bridgehead atoms. The van der Waals surface area contributed by atoms with E-state index in [9.17, 15) is 8.42 Å². The predicted octanol–water partition coefficient (Wildman–Crippen LogP) is 3.74. The van der Waals surface area contributed by atoms with E-state index in [0.29, 0.717) is 22.6 Å². The van der Waals surface area contributed by atoms with E-state index in [2.05, 4.69) is 4.72 Å². The Morgan fingerprint density at radius 1 is 1.09 bits per heavy atom. The molecule has 5 heteroatoms. The Kier molecular flexibility index (Phi) is 5.44. The highest BCUT2D eigenvalue weighted by atomic mass is 32.2. The number of methoxy groups -OCH3 is 1. The number of rotatable bonds is 6. The van der Waals surface area contributed by atoms with E-state index in [0.717, 1.165) is 11.1 Å². The third-order valence-electron chi connectivity index (χ3n) is 3.89. The summed E-state index contributed by atoms with van der Waals surface area (Å²) in [5.41, 5.74) is 2.43. The lowest BCUT2D eigenvalue weighted by atomic mass is 10.1. The van der Waals surface area contributed by atoms with Crippen LogP contribution in [0.15, 0.2) is 47.4 Å². The van der Waals surface area contributed by atoms with Gasteiger partial charge in [0.1, 0.15) is 5.75 Å². The summed E-state index contributed by atoms with van der Waals surface area (Å²) in [6, 6.07) is 12.8. The SMILES string of the molecule is CC[C@@H](NS(=O)(=O)c1cc(C)c(OC)cc1C)c1ccccc1. The maximum Gasteiger partial charge on any atom is 0.241 e. The Labute approximate surface area is 138 Å². The van der Waals surface area contributed by atoms with Crippen molar-refractivity contribution < 1.29 is 13.2 Å². The molecule has 2 rings (SSSR count). The molecule has 0 saturated carbocycles. The van der Waals surface area contributed by atoms with Gasteiger partial charge in [-0.25, -0.2) is 13.1 Å². The van der Waals surface area contributed by atoms with E-state index >= 15 is 0 Å². The van der Waals surface area contributed by atoms with Crippen molar-refractivity contribution in [3.8, 4) is 5.75 Å². The van der Waals surface area contributed by atoms with Gasteiger partial charge in [0.05, 0.1) is 12.0 Å². The van der Waals surface area contributed by atoms with Crippen molar-refractivity contribution in [2.24, 2.45) is 0 Å². The van der Waals surface area contributed by atoms with Crippen molar-refractivity contribution in [3.63, 3.8) is 0 Å². The summed E-state index contributed by atoms with van der Waals surface area (Å²) in [6.45, 7) is 5.58. The van der Waals surface area contributed by atoms with Crippen LogP contribution in [0.25, 0.3) is 0 Å². The lowest BCUT2D eigenvalue weighted by molar-refractivity contribution is 0.411.